The Labute approximate surface area is 188 Å². The van der Waals surface area contributed by atoms with Crippen molar-refractivity contribution in [3.63, 3.8) is 0 Å². The Hall–Kier alpha value is -2.50. The van der Waals surface area contributed by atoms with Gasteiger partial charge in [0.15, 0.2) is 5.82 Å². The largest absolute Gasteiger partial charge is 0.390 e. The lowest BCUT2D eigenvalue weighted by Gasteiger charge is -2.40. The fourth-order valence-electron chi connectivity index (χ4n) is 5.21. The molecular formula is C25H27ClN4O. The van der Waals surface area contributed by atoms with E-state index in [1.807, 2.05) is 19.9 Å². The van der Waals surface area contributed by atoms with Gasteiger partial charge >= 0.3 is 0 Å². The van der Waals surface area contributed by atoms with Crippen molar-refractivity contribution in [2.45, 2.75) is 46.1 Å². The van der Waals surface area contributed by atoms with E-state index in [0.717, 1.165) is 48.7 Å². The maximum atomic E-state index is 10.1. The number of fused-ring (bicyclic) bond motifs is 1. The van der Waals surface area contributed by atoms with E-state index in [1.54, 1.807) is 6.20 Å². The van der Waals surface area contributed by atoms with Crippen molar-refractivity contribution in [1.29, 1.82) is 0 Å². The molecule has 0 bridgehead atoms. The highest BCUT2D eigenvalue weighted by Crippen LogP contribution is 2.45. The van der Waals surface area contributed by atoms with Gasteiger partial charge in [0.25, 0.3) is 0 Å². The van der Waals surface area contributed by atoms with Gasteiger partial charge in [0.2, 0.25) is 0 Å². The van der Waals surface area contributed by atoms with Crippen molar-refractivity contribution in [1.82, 2.24) is 15.0 Å². The first-order chi connectivity index (χ1) is 15.0. The van der Waals surface area contributed by atoms with Crippen LogP contribution in [0, 0.1) is 19.3 Å². The van der Waals surface area contributed by atoms with Gasteiger partial charge in [-0.25, -0.2) is 9.97 Å². The van der Waals surface area contributed by atoms with Gasteiger partial charge in [0.1, 0.15) is 5.69 Å². The highest BCUT2D eigenvalue weighted by molar-refractivity contribution is 6.33. The number of hydrogen-bond acceptors (Lipinski definition) is 5. The number of hydrogen-bond donors (Lipinski definition) is 1. The average Bonchev–Trinajstić information content (AvgIpc) is 3.14. The molecular weight excluding hydrogens is 408 g/mol. The molecule has 1 saturated heterocycles. The number of nitrogens with zero attached hydrogens (tertiary/aromatic N) is 4. The van der Waals surface area contributed by atoms with Crippen LogP contribution in [0.3, 0.4) is 0 Å². The fraction of sp³-hybridized carbons (Fsp3) is 0.400. The van der Waals surface area contributed by atoms with E-state index in [-0.39, 0.29) is 6.61 Å². The molecule has 1 aliphatic carbocycles. The van der Waals surface area contributed by atoms with Crippen LogP contribution in [0.4, 0.5) is 5.82 Å². The molecule has 0 atom stereocenters. The minimum atomic E-state index is -0.148. The molecule has 1 fully saturated rings. The molecule has 5 rings (SSSR count). The van der Waals surface area contributed by atoms with Crippen molar-refractivity contribution in [2.24, 2.45) is 5.41 Å². The molecule has 0 radical (unpaired) electrons. The minimum Gasteiger partial charge on any atom is -0.390 e. The Morgan fingerprint density at radius 1 is 1.00 bits per heavy atom. The standard InChI is InChI=1S/C25H27ClN4O/c1-16-22(26)20(7-10-27-16)23-17(2)28-24(21(15-31)29-23)30-11-8-25(9-12-30)13-18-5-3-4-6-19(18)14-25/h3-7,10,31H,8-9,11-15H2,1-2H3. The number of anilines is 1. The van der Waals surface area contributed by atoms with Crippen LogP contribution >= 0.6 is 11.6 Å². The maximum absolute atomic E-state index is 10.1. The van der Waals surface area contributed by atoms with Gasteiger partial charge < -0.3 is 10.0 Å². The second-order valence-corrected chi connectivity index (χ2v) is 9.33. The van der Waals surface area contributed by atoms with Gasteiger partial charge in [-0.2, -0.15) is 0 Å². The topological polar surface area (TPSA) is 62.1 Å². The van der Waals surface area contributed by atoms with E-state index < -0.39 is 0 Å². The molecule has 1 aromatic carbocycles. The minimum absolute atomic E-state index is 0.148. The van der Waals surface area contributed by atoms with Gasteiger partial charge in [0, 0.05) is 24.8 Å². The molecule has 0 saturated carbocycles. The second-order valence-electron chi connectivity index (χ2n) is 8.95. The van der Waals surface area contributed by atoms with E-state index in [9.17, 15) is 5.11 Å². The SMILES string of the molecule is Cc1nc(N2CCC3(CC2)Cc2ccccc2C3)c(CO)nc1-c1ccnc(C)c1Cl. The monoisotopic (exact) mass is 434 g/mol. The van der Waals surface area contributed by atoms with Gasteiger partial charge in [-0.15, -0.1) is 0 Å². The molecule has 3 aromatic rings. The van der Waals surface area contributed by atoms with Crippen LogP contribution in [0.25, 0.3) is 11.3 Å². The van der Waals surface area contributed by atoms with E-state index >= 15 is 0 Å². The number of aryl methyl sites for hydroxylation is 2. The quantitative estimate of drug-likeness (QED) is 0.648. The van der Waals surface area contributed by atoms with Crippen molar-refractivity contribution in [3.8, 4) is 11.3 Å². The number of aliphatic hydroxyl groups is 1. The van der Waals surface area contributed by atoms with E-state index in [0.29, 0.717) is 21.8 Å². The number of aliphatic hydroxyl groups excluding tert-OH is 1. The first-order valence-electron chi connectivity index (χ1n) is 10.9. The zero-order chi connectivity index (χ0) is 21.6. The second kappa shape index (κ2) is 7.88. The molecule has 3 heterocycles. The number of pyridine rings is 1. The number of aromatic nitrogens is 3. The van der Waals surface area contributed by atoms with Gasteiger partial charge in [-0.3, -0.25) is 4.98 Å². The molecule has 1 aliphatic heterocycles. The predicted molar refractivity (Wildman–Crippen MR) is 123 cm³/mol. The van der Waals surface area contributed by atoms with Crippen LogP contribution in [0.2, 0.25) is 5.02 Å². The molecule has 31 heavy (non-hydrogen) atoms. The summed E-state index contributed by atoms with van der Waals surface area (Å²) in [5.74, 6) is 0.802. The number of rotatable bonds is 3. The number of halogens is 1. The fourth-order valence-corrected chi connectivity index (χ4v) is 5.41. The van der Waals surface area contributed by atoms with E-state index in [4.69, 9.17) is 21.6 Å². The molecule has 1 spiro atoms. The van der Waals surface area contributed by atoms with Gasteiger partial charge in [-0.1, -0.05) is 35.9 Å². The van der Waals surface area contributed by atoms with Crippen molar-refractivity contribution in [3.05, 3.63) is 69.8 Å². The van der Waals surface area contributed by atoms with Crippen molar-refractivity contribution < 1.29 is 5.11 Å². The van der Waals surface area contributed by atoms with Crippen LogP contribution in [-0.4, -0.2) is 33.1 Å². The molecule has 0 unspecified atom stereocenters. The molecule has 6 heteroatoms. The van der Waals surface area contributed by atoms with Crippen molar-refractivity contribution in [2.75, 3.05) is 18.0 Å². The van der Waals surface area contributed by atoms with Crippen LogP contribution in [0.1, 0.15) is 41.1 Å². The highest BCUT2D eigenvalue weighted by Gasteiger charge is 2.40. The summed E-state index contributed by atoms with van der Waals surface area (Å²) in [7, 11) is 0. The summed E-state index contributed by atoms with van der Waals surface area (Å²) in [6.07, 6.45) is 6.34. The Morgan fingerprint density at radius 2 is 1.68 bits per heavy atom. The predicted octanol–water partition coefficient (Wildman–Crippen LogP) is 4.69. The highest BCUT2D eigenvalue weighted by atomic mass is 35.5. The first kappa shape index (κ1) is 20.4. The lowest BCUT2D eigenvalue weighted by molar-refractivity contribution is 0.231. The Bertz CT molecular complexity index is 1110. The zero-order valence-corrected chi connectivity index (χ0v) is 18.8. The Kier molecular flexibility index (Phi) is 5.19. The summed E-state index contributed by atoms with van der Waals surface area (Å²) in [5, 5.41) is 10.7. The molecule has 1 N–H and O–H groups in total. The first-order valence-corrected chi connectivity index (χ1v) is 11.3. The summed E-state index contributed by atoms with van der Waals surface area (Å²) in [6, 6.07) is 10.7. The average molecular weight is 435 g/mol. The maximum Gasteiger partial charge on any atom is 0.153 e. The van der Waals surface area contributed by atoms with Crippen LogP contribution in [-0.2, 0) is 19.4 Å². The third-order valence-electron chi connectivity index (χ3n) is 6.96. The van der Waals surface area contributed by atoms with Crippen LogP contribution in [0.5, 0.6) is 0 Å². The summed E-state index contributed by atoms with van der Waals surface area (Å²) in [5.41, 5.74) is 7.08. The van der Waals surface area contributed by atoms with Crippen molar-refractivity contribution >= 4 is 17.4 Å². The Balaban J connectivity index is 1.40. The summed E-state index contributed by atoms with van der Waals surface area (Å²) >= 11 is 6.49. The lowest BCUT2D eigenvalue weighted by Crippen LogP contribution is -2.41. The normalized spacial score (nSPS) is 17.2. The van der Waals surface area contributed by atoms with Crippen LogP contribution in [0.15, 0.2) is 36.5 Å². The van der Waals surface area contributed by atoms with E-state index in [2.05, 4.69) is 34.1 Å². The third-order valence-corrected chi connectivity index (χ3v) is 7.44. The molecule has 160 valence electrons. The molecule has 0 amide bonds. The smallest absolute Gasteiger partial charge is 0.153 e. The lowest BCUT2D eigenvalue weighted by atomic mass is 9.76. The Morgan fingerprint density at radius 3 is 2.32 bits per heavy atom. The molecule has 2 aliphatic rings. The number of piperidine rings is 1. The summed E-state index contributed by atoms with van der Waals surface area (Å²) < 4.78 is 0. The summed E-state index contributed by atoms with van der Waals surface area (Å²) in [6.45, 7) is 5.55. The zero-order valence-electron chi connectivity index (χ0n) is 18.0. The molecule has 2 aromatic heterocycles. The summed E-state index contributed by atoms with van der Waals surface area (Å²) in [4.78, 5) is 16.2. The van der Waals surface area contributed by atoms with Crippen LogP contribution < -0.4 is 4.90 Å². The molecule has 5 nitrogen and oxygen atoms in total. The third kappa shape index (κ3) is 3.60. The van der Waals surface area contributed by atoms with Gasteiger partial charge in [0.05, 0.1) is 28.7 Å². The van der Waals surface area contributed by atoms with Gasteiger partial charge in [-0.05, 0) is 62.1 Å². The number of benzene rings is 1. The van der Waals surface area contributed by atoms with E-state index in [1.165, 1.54) is 24.0 Å².